The number of hydrogen-bond donors (Lipinski definition) is 0. The van der Waals surface area contributed by atoms with E-state index in [0.717, 1.165) is 11.1 Å². The first-order valence-corrected chi connectivity index (χ1v) is 7.60. The van der Waals surface area contributed by atoms with Gasteiger partial charge in [0.1, 0.15) is 5.71 Å². The molecule has 23 heavy (non-hydrogen) atoms. The number of nitrogens with zero attached hydrogens (tertiary/aromatic N) is 1. The molecule has 0 aromatic heterocycles. The Morgan fingerprint density at radius 2 is 1.39 bits per heavy atom. The van der Waals surface area contributed by atoms with Crippen LogP contribution in [0.15, 0.2) is 53.7 Å². The van der Waals surface area contributed by atoms with Gasteiger partial charge in [0, 0.05) is 11.1 Å². The van der Waals surface area contributed by atoms with E-state index >= 15 is 0 Å². The highest BCUT2D eigenvalue weighted by molar-refractivity contribution is 6.12. The van der Waals surface area contributed by atoms with Gasteiger partial charge in [-0.2, -0.15) is 0 Å². The van der Waals surface area contributed by atoms with E-state index in [1.54, 1.807) is 6.92 Å². The molecule has 0 bridgehead atoms. The van der Waals surface area contributed by atoms with Gasteiger partial charge in [-0.3, -0.25) is 0 Å². The average molecular weight is 311 g/mol. The van der Waals surface area contributed by atoms with Crippen molar-refractivity contribution < 1.29 is 14.4 Å². The maximum Gasteiger partial charge on any atom is 0.347 e. The van der Waals surface area contributed by atoms with Crippen molar-refractivity contribution in [3.05, 3.63) is 70.8 Å². The zero-order valence-corrected chi connectivity index (χ0v) is 13.7. The summed E-state index contributed by atoms with van der Waals surface area (Å²) >= 11 is 0. The summed E-state index contributed by atoms with van der Waals surface area (Å²) < 4.78 is 4.83. The third-order valence-electron chi connectivity index (χ3n) is 3.29. The van der Waals surface area contributed by atoms with Crippen LogP contribution in [0, 0.1) is 13.8 Å². The van der Waals surface area contributed by atoms with Gasteiger partial charge in [-0.05, 0) is 20.8 Å². The molecule has 120 valence electrons. The predicted octanol–water partition coefficient (Wildman–Crippen LogP) is 3.64. The minimum atomic E-state index is -0.427. The quantitative estimate of drug-likeness (QED) is 0.465. The summed E-state index contributed by atoms with van der Waals surface area (Å²) in [7, 11) is 0. The van der Waals surface area contributed by atoms with Gasteiger partial charge < -0.3 is 9.57 Å². The van der Waals surface area contributed by atoms with E-state index in [4.69, 9.17) is 9.57 Å². The molecule has 0 radical (unpaired) electrons. The number of rotatable bonds is 6. The average Bonchev–Trinajstić information content (AvgIpc) is 2.54. The smallest absolute Gasteiger partial charge is 0.347 e. The maximum absolute atomic E-state index is 11.4. The largest absolute Gasteiger partial charge is 0.463 e. The van der Waals surface area contributed by atoms with Gasteiger partial charge in [0.05, 0.1) is 6.61 Å². The summed E-state index contributed by atoms with van der Waals surface area (Å²) in [6, 6.07) is 16.0. The van der Waals surface area contributed by atoms with E-state index in [2.05, 4.69) is 5.16 Å². The molecule has 0 saturated carbocycles. The van der Waals surface area contributed by atoms with Crippen LogP contribution in [0.1, 0.15) is 29.2 Å². The molecule has 2 aromatic rings. The highest BCUT2D eigenvalue weighted by Gasteiger charge is 2.09. The molecule has 0 saturated heterocycles. The minimum Gasteiger partial charge on any atom is -0.463 e. The van der Waals surface area contributed by atoms with Crippen molar-refractivity contribution in [3.8, 4) is 0 Å². The van der Waals surface area contributed by atoms with Crippen LogP contribution in [-0.2, 0) is 14.4 Å². The molecule has 4 heteroatoms. The summed E-state index contributed by atoms with van der Waals surface area (Å²) in [6.45, 7) is 5.95. The van der Waals surface area contributed by atoms with Crippen molar-refractivity contribution in [2.75, 3.05) is 13.2 Å². The molecule has 0 amide bonds. The first-order valence-electron chi connectivity index (χ1n) is 7.60. The molecule has 0 unspecified atom stereocenters. The number of esters is 1. The summed E-state index contributed by atoms with van der Waals surface area (Å²) in [6.07, 6.45) is 0. The van der Waals surface area contributed by atoms with Gasteiger partial charge in [0.15, 0.2) is 0 Å². The number of aryl methyl sites for hydroxylation is 2. The third-order valence-corrected chi connectivity index (χ3v) is 3.29. The van der Waals surface area contributed by atoms with Gasteiger partial charge >= 0.3 is 5.97 Å². The molecule has 0 fully saturated rings. The lowest BCUT2D eigenvalue weighted by Gasteiger charge is -2.08. The molecule has 0 spiro atoms. The van der Waals surface area contributed by atoms with Crippen LogP contribution in [0.2, 0.25) is 0 Å². The Kier molecular flexibility index (Phi) is 5.92. The Bertz CT molecular complexity index is 625. The van der Waals surface area contributed by atoms with Gasteiger partial charge in [0.25, 0.3) is 0 Å². The number of benzene rings is 2. The van der Waals surface area contributed by atoms with Crippen LogP contribution in [-0.4, -0.2) is 24.9 Å². The van der Waals surface area contributed by atoms with Crippen molar-refractivity contribution in [1.29, 1.82) is 0 Å². The number of hydrogen-bond acceptors (Lipinski definition) is 4. The Morgan fingerprint density at radius 3 is 1.83 bits per heavy atom. The number of ether oxygens (including phenoxy) is 1. The molecular weight excluding hydrogens is 290 g/mol. The fourth-order valence-electron chi connectivity index (χ4n) is 2.05. The number of carbonyl (C=O) groups excluding carboxylic acids is 1. The molecule has 4 nitrogen and oxygen atoms in total. The third kappa shape index (κ3) is 4.95. The molecule has 0 aliphatic heterocycles. The molecule has 0 N–H and O–H groups in total. The van der Waals surface area contributed by atoms with Crippen LogP contribution in [0.25, 0.3) is 0 Å². The van der Waals surface area contributed by atoms with E-state index in [1.807, 2.05) is 62.4 Å². The Hall–Kier alpha value is -2.62. The maximum atomic E-state index is 11.4. The van der Waals surface area contributed by atoms with Gasteiger partial charge in [-0.1, -0.05) is 64.8 Å². The first kappa shape index (κ1) is 16.7. The molecule has 0 heterocycles. The number of oxime groups is 1. The second kappa shape index (κ2) is 8.13. The van der Waals surface area contributed by atoms with E-state index in [1.165, 1.54) is 11.1 Å². The van der Waals surface area contributed by atoms with Crippen LogP contribution in [0.4, 0.5) is 0 Å². The van der Waals surface area contributed by atoms with Crippen molar-refractivity contribution in [3.63, 3.8) is 0 Å². The molecule has 0 atom stereocenters. The Balaban J connectivity index is 2.25. The minimum absolute atomic E-state index is 0.199. The lowest BCUT2D eigenvalue weighted by Crippen LogP contribution is -2.12. The highest BCUT2D eigenvalue weighted by atomic mass is 16.7. The van der Waals surface area contributed by atoms with Crippen LogP contribution in [0.3, 0.4) is 0 Å². The molecular formula is C19H21NO3. The predicted molar refractivity (Wildman–Crippen MR) is 90.6 cm³/mol. The molecule has 0 aliphatic rings. The molecule has 0 aliphatic carbocycles. The van der Waals surface area contributed by atoms with Crippen molar-refractivity contribution in [2.24, 2.45) is 5.16 Å². The van der Waals surface area contributed by atoms with Gasteiger partial charge in [-0.15, -0.1) is 0 Å². The van der Waals surface area contributed by atoms with E-state index in [0.29, 0.717) is 12.3 Å². The molecule has 2 aromatic carbocycles. The molecule has 2 rings (SSSR count). The van der Waals surface area contributed by atoms with E-state index < -0.39 is 5.97 Å². The zero-order valence-electron chi connectivity index (χ0n) is 13.7. The van der Waals surface area contributed by atoms with Crippen molar-refractivity contribution in [1.82, 2.24) is 0 Å². The zero-order chi connectivity index (χ0) is 16.7. The van der Waals surface area contributed by atoms with Gasteiger partial charge in [-0.25, -0.2) is 4.79 Å². The summed E-state index contributed by atoms with van der Waals surface area (Å²) in [5.74, 6) is -0.427. The van der Waals surface area contributed by atoms with Crippen LogP contribution >= 0.6 is 0 Å². The lowest BCUT2D eigenvalue weighted by atomic mass is 10.0. The summed E-state index contributed by atoms with van der Waals surface area (Å²) in [5, 5.41) is 4.16. The highest BCUT2D eigenvalue weighted by Crippen LogP contribution is 2.13. The van der Waals surface area contributed by atoms with Crippen molar-refractivity contribution >= 4 is 11.7 Å². The second-order valence-electron chi connectivity index (χ2n) is 5.25. The van der Waals surface area contributed by atoms with E-state index in [-0.39, 0.29) is 6.61 Å². The standard InChI is InChI=1S/C19H21NO3/c1-4-22-18(21)13-23-20-19(16-9-5-14(2)6-10-16)17-11-7-15(3)8-12-17/h5-12H,4,13H2,1-3H3. The fraction of sp³-hybridized carbons (Fsp3) is 0.263. The lowest BCUT2D eigenvalue weighted by molar-refractivity contribution is -0.148. The normalized spacial score (nSPS) is 10.0. The Morgan fingerprint density at radius 1 is 0.913 bits per heavy atom. The van der Waals surface area contributed by atoms with Crippen LogP contribution < -0.4 is 0 Å². The van der Waals surface area contributed by atoms with Gasteiger partial charge in [0.2, 0.25) is 6.61 Å². The summed E-state index contributed by atoms with van der Waals surface area (Å²) in [4.78, 5) is 16.6. The topological polar surface area (TPSA) is 47.9 Å². The SMILES string of the molecule is CCOC(=O)CON=C(c1ccc(C)cc1)c1ccc(C)cc1. The van der Waals surface area contributed by atoms with Crippen LogP contribution in [0.5, 0.6) is 0 Å². The Labute approximate surface area is 136 Å². The first-order chi connectivity index (χ1) is 11.1. The van der Waals surface area contributed by atoms with Crippen molar-refractivity contribution in [2.45, 2.75) is 20.8 Å². The second-order valence-corrected chi connectivity index (χ2v) is 5.25. The van der Waals surface area contributed by atoms with E-state index in [9.17, 15) is 4.79 Å². The summed E-state index contributed by atoms with van der Waals surface area (Å²) in [5.41, 5.74) is 4.90. The monoisotopic (exact) mass is 311 g/mol. The number of carbonyl (C=O) groups is 1. The fourth-order valence-corrected chi connectivity index (χ4v) is 2.05.